The number of hydrogen-bond acceptors (Lipinski definition) is 5. The van der Waals surface area contributed by atoms with Crippen molar-refractivity contribution >= 4 is 17.1 Å². The number of nitrogens with one attached hydrogen (secondary N) is 2. The number of benzene rings is 2. The van der Waals surface area contributed by atoms with Gasteiger partial charge in [0.1, 0.15) is 5.75 Å². The number of aryl methyl sites for hydroxylation is 2. The minimum atomic E-state index is -4.20. The molecule has 10 heteroatoms. The molecule has 1 aromatic heterocycles. The zero-order chi connectivity index (χ0) is 26.2. The van der Waals surface area contributed by atoms with Gasteiger partial charge in [-0.05, 0) is 67.0 Å². The zero-order valence-electron chi connectivity index (χ0n) is 20.2. The van der Waals surface area contributed by atoms with Gasteiger partial charge in [0.25, 0.3) is 5.91 Å². The molecule has 0 bridgehead atoms. The van der Waals surface area contributed by atoms with Crippen molar-refractivity contribution in [2.24, 2.45) is 0 Å². The Kier molecular flexibility index (Phi) is 6.43. The van der Waals surface area contributed by atoms with Crippen LogP contribution < -0.4 is 15.8 Å². The number of carbonyl (C=O) groups is 1. The van der Waals surface area contributed by atoms with Crippen LogP contribution in [0.5, 0.6) is 5.75 Å². The van der Waals surface area contributed by atoms with Gasteiger partial charge in [0.2, 0.25) is 0 Å². The second-order valence-electron chi connectivity index (χ2n) is 9.62. The predicted octanol–water partition coefficient (Wildman–Crippen LogP) is 5.06. The van der Waals surface area contributed by atoms with Crippen LogP contribution in [-0.4, -0.2) is 28.8 Å². The fourth-order valence-electron chi connectivity index (χ4n) is 5.27. The summed E-state index contributed by atoms with van der Waals surface area (Å²) in [6.07, 6.45) is -2.47. The summed E-state index contributed by atoms with van der Waals surface area (Å²) < 4.78 is 47.6. The summed E-state index contributed by atoms with van der Waals surface area (Å²) in [5.41, 5.74) is 4.17. The third kappa shape index (κ3) is 5.19. The number of nitrogens with zero attached hydrogens (tertiary/aromatic N) is 1. The molecular formula is C27H26F3N3O4. The monoisotopic (exact) mass is 513 g/mol. The molecule has 2 heterocycles. The van der Waals surface area contributed by atoms with E-state index in [1.165, 1.54) is 0 Å². The third-order valence-corrected chi connectivity index (χ3v) is 6.95. The fraction of sp³-hybridized carbons (Fsp3) is 0.370. The van der Waals surface area contributed by atoms with E-state index in [4.69, 9.17) is 4.74 Å². The van der Waals surface area contributed by atoms with Gasteiger partial charge < -0.3 is 10.1 Å². The van der Waals surface area contributed by atoms with E-state index in [-0.39, 0.29) is 30.3 Å². The van der Waals surface area contributed by atoms with Crippen molar-refractivity contribution in [2.75, 3.05) is 6.61 Å². The molecule has 0 radical (unpaired) electrons. The summed E-state index contributed by atoms with van der Waals surface area (Å²) in [7, 11) is 0. The smallest absolute Gasteiger partial charge is 0.439 e. The molecular weight excluding hydrogens is 487 g/mol. The Labute approximate surface area is 210 Å². The highest BCUT2D eigenvalue weighted by atomic mass is 19.4. The largest absolute Gasteiger partial charge is 0.494 e. The predicted molar refractivity (Wildman–Crippen MR) is 130 cm³/mol. The maximum atomic E-state index is 13.6. The van der Waals surface area contributed by atoms with E-state index in [1.807, 2.05) is 43.3 Å². The van der Waals surface area contributed by atoms with Crippen LogP contribution in [0.25, 0.3) is 11.1 Å². The molecule has 3 aromatic rings. The minimum Gasteiger partial charge on any atom is -0.494 e. The van der Waals surface area contributed by atoms with Crippen LogP contribution in [0.4, 0.5) is 13.2 Å². The normalized spacial score (nSPS) is 19.6. The Hall–Kier alpha value is -3.82. The van der Waals surface area contributed by atoms with Crippen LogP contribution >= 0.6 is 0 Å². The van der Waals surface area contributed by atoms with E-state index in [9.17, 15) is 22.8 Å². The van der Waals surface area contributed by atoms with Crippen molar-refractivity contribution in [3.63, 3.8) is 0 Å². The number of halogens is 3. The SMILES string of the molecule is Cc1ccc(C2=C(c3noc(=O)[nH]3)C(=O)N[C@@]3(CCCc4cc(OCCCC(F)(F)F)ccc43)C2)cc1. The maximum Gasteiger partial charge on any atom is 0.439 e. The molecule has 1 spiro atoms. The highest BCUT2D eigenvalue weighted by Crippen LogP contribution is 2.47. The number of rotatable bonds is 6. The maximum absolute atomic E-state index is 13.6. The van der Waals surface area contributed by atoms with Crippen LogP contribution in [0.15, 0.2) is 51.8 Å². The zero-order valence-corrected chi connectivity index (χ0v) is 20.2. The molecule has 1 amide bonds. The molecule has 2 N–H and O–H groups in total. The molecule has 2 aliphatic rings. The van der Waals surface area contributed by atoms with Crippen molar-refractivity contribution in [2.45, 2.75) is 57.2 Å². The lowest BCUT2D eigenvalue weighted by molar-refractivity contribution is -0.136. The Morgan fingerprint density at radius 2 is 1.92 bits per heavy atom. The Balaban J connectivity index is 1.49. The molecule has 37 heavy (non-hydrogen) atoms. The number of alkyl halides is 3. The van der Waals surface area contributed by atoms with Gasteiger partial charge in [-0.15, -0.1) is 0 Å². The van der Waals surface area contributed by atoms with Crippen molar-refractivity contribution in [3.05, 3.63) is 81.1 Å². The van der Waals surface area contributed by atoms with E-state index in [1.54, 1.807) is 6.07 Å². The second-order valence-corrected chi connectivity index (χ2v) is 9.62. The first-order chi connectivity index (χ1) is 17.6. The molecule has 0 fully saturated rings. The van der Waals surface area contributed by atoms with Crippen molar-refractivity contribution in [1.82, 2.24) is 15.5 Å². The number of amides is 1. The Bertz CT molecular complexity index is 1410. The summed E-state index contributed by atoms with van der Waals surface area (Å²) in [5.74, 6) is -0.529. The van der Waals surface area contributed by atoms with Crippen LogP contribution in [0.2, 0.25) is 0 Å². The first-order valence-electron chi connectivity index (χ1n) is 12.2. The lowest BCUT2D eigenvalue weighted by Gasteiger charge is -2.44. The van der Waals surface area contributed by atoms with Gasteiger partial charge in [-0.3, -0.25) is 14.3 Å². The van der Waals surface area contributed by atoms with Gasteiger partial charge in [0.15, 0.2) is 5.82 Å². The summed E-state index contributed by atoms with van der Waals surface area (Å²) in [6.45, 7) is 1.95. The number of aromatic nitrogens is 2. The quantitative estimate of drug-likeness (QED) is 0.450. The Morgan fingerprint density at radius 1 is 1.14 bits per heavy atom. The number of aromatic amines is 1. The van der Waals surface area contributed by atoms with Crippen molar-refractivity contribution < 1.29 is 27.2 Å². The topological polar surface area (TPSA) is 97.2 Å². The average molecular weight is 514 g/mol. The summed E-state index contributed by atoms with van der Waals surface area (Å²) in [6, 6.07) is 13.3. The molecule has 0 saturated carbocycles. The first kappa shape index (κ1) is 24.9. The molecule has 0 unspecified atom stereocenters. The fourth-order valence-corrected chi connectivity index (χ4v) is 5.27. The molecule has 194 valence electrons. The lowest BCUT2D eigenvalue weighted by Crippen LogP contribution is -2.51. The van der Waals surface area contributed by atoms with Crippen LogP contribution in [0, 0.1) is 6.92 Å². The van der Waals surface area contributed by atoms with E-state index in [0.29, 0.717) is 18.6 Å². The summed E-state index contributed by atoms with van der Waals surface area (Å²) in [5, 5.41) is 6.95. The number of hydrogen-bond donors (Lipinski definition) is 2. The number of ether oxygens (including phenoxy) is 1. The molecule has 5 rings (SSSR count). The third-order valence-electron chi connectivity index (χ3n) is 6.95. The van der Waals surface area contributed by atoms with Gasteiger partial charge in [-0.2, -0.15) is 13.2 Å². The van der Waals surface area contributed by atoms with E-state index in [0.717, 1.165) is 40.7 Å². The van der Waals surface area contributed by atoms with Gasteiger partial charge in [-0.1, -0.05) is 41.1 Å². The highest BCUT2D eigenvalue weighted by Gasteiger charge is 2.44. The minimum absolute atomic E-state index is 0.0280. The number of fused-ring (bicyclic) bond motifs is 2. The molecule has 1 aliphatic carbocycles. The molecule has 7 nitrogen and oxygen atoms in total. The molecule has 2 aromatic carbocycles. The van der Waals surface area contributed by atoms with E-state index in [2.05, 4.69) is 20.0 Å². The summed E-state index contributed by atoms with van der Waals surface area (Å²) >= 11 is 0. The van der Waals surface area contributed by atoms with Gasteiger partial charge >= 0.3 is 11.9 Å². The van der Waals surface area contributed by atoms with Crippen molar-refractivity contribution in [3.8, 4) is 5.75 Å². The van der Waals surface area contributed by atoms with Gasteiger partial charge in [-0.25, -0.2) is 4.79 Å². The highest BCUT2D eigenvalue weighted by molar-refractivity contribution is 6.27. The lowest BCUT2D eigenvalue weighted by atomic mass is 9.69. The molecule has 0 saturated heterocycles. The van der Waals surface area contributed by atoms with Crippen LogP contribution in [-0.2, 0) is 16.8 Å². The Morgan fingerprint density at radius 3 is 2.62 bits per heavy atom. The van der Waals surface area contributed by atoms with Crippen molar-refractivity contribution in [1.29, 1.82) is 0 Å². The number of H-pyrrole nitrogens is 1. The second kappa shape index (κ2) is 9.57. The van der Waals surface area contributed by atoms with E-state index >= 15 is 0 Å². The molecule has 1 aliphatic heterocycles. The standard InChI is InChI=1S/C27H26F3N3O4/c1-16-5-7-17(8-6-16)20-15-26(32-24(34)22(20)23-31-25(35)37-33-23)11-2-4-18-14-19(9-10-21(18)26)36-13-3-12-27(28,29)30/h5-10,14H,2-4,11-13,15H2,1H3,(H,32,34)(H,31,33,35)/t26-/m0/s1. The van der Waals surface area contributed by atoms with Crippen LogP contribution in [0.3, 0.4) is 0 Å². The van der Waals surface area contributed by atoms with Gasteiger partial charge in [0.05, 0.1) is 17.7 Å². The van der Waals surface area contributed by atoms with E-state index < -0.39 is 23.9 Å². The van der Waals surface area contributed by atoms with Crippen LogP contribution in [0.1, 0.15) is 60.2 Å². The molecule has 1 atom stereocenters. The average Bonchev–Trinajstić information content (AvgIpc) is 3.27. The number of carbonyl (C=O) groups excluding carboxylic acids is 1. The first-order valence-corrected chi connectivity index (χ1v) is 12.2. The summed E-state index contributed by atoms with van der Waals surface area (Å²) in [4.78, 5) is 27.7. The van der Waals surface area contributed by atoms with Gasteiger partial charge in [0, 0.05) is 12.8 Å².